The molecule has 1 heterocycles. The summed E-state index contributed by atoms with van der Waals surface area (Å²) < 4.78 is 29.2. The van der Waals surface area contributed by atoms with Crippen LogP contribution in [0, 0.1) is 0 Å². The van der Waals surface area contributed by atoms with Gasteiger partial charge in [0.15, 0.2) is 5.16 Å². The highest BCUT2D eigenvalue weighted by atomic mass is 32.2. The van der Waals surface area contributed by atoms with E-state index in [4.69, 9.17) is 0 Å². The summed E-state index contributed by atoms with van der Waals surface area (Å²) in [6.45, 7) is 0.0670. The molecule has 0 saturated heterocycles. The van der Waals surface area contributed by atoms with E-state index in [0.29, 0.717) is 11.4 Å². The van der Waals surface area contributed by atoms with Gasteiger partial charge in [-0.15, -0.1) is 0 Å². The van der Waals surface area contributed by atoms with Crippen molar-refractivity contribution in [2.45, 2.75) is 16.6 Å². The molecule has 4 rings (SSSR count). The van der Waals surface area contributed by atoms with E-state index in [2.05, 4.69) is 10.3 Å². The fourth-order valence-electron chi connectivity index (χ4n) is 3.38. The van der Waals surface area contributed by atoms with Crippen LogP contribution < -0.4 is 9.62 Å². The molecule has 0 saturated carbocycles. The van der Waals surface area contributed by atoms with Crippen molar-refractivity contribution in [1.29, 1.82) is 0 Å². The fourth-order valence-corrected chi connectivity index (χ4v) is 5.19. The fraction of sp³-hybridized carbons (Fsp3) is 0.130. The summed E-state index contributed by atoms with van der Waals surface area (Å²) in [6.07, 6.45) is 1.91. The van der Waals surface area contributed by atoms with Gasteiger partial charge in [-0.1, -0.05) is 48.2 Å². The van der Waals surface area contributed by atoms with Crippen LogP contribution in [0.1, 0.15) is 0 Å². The largest absolute Gasteiger partial charge is 0.324 e. The van der Waals surface area contributed by atoms with Crippen LogP contribution in [0.2, 0.25) is 0 Å². The lowest BCUT2D eigenvalue weighted by atomic mass is 10.3. The van der Waals surface area contributed by atoms with Gasteiger partial charge in [0.25, 0.3) is 10.0 Å². The number of imidazole rings is 1. The number of rotatable bonds is 7. The van der Waals surface area contributed by atoms with Gasteiger partial charge in [-0.05, 0) is 48.7 Å². The first-order valence-electron chi connectivity index (χ1n) is 9.83. The number of carbonyl (C=O) groups is 1. The predicted molar refractivity (Wildman–Crippen MR) is 129 cm³/mol. The van der Waals surface area contributed by atoms with Gasteiger partial charge >= 0.3 is 0 Å². The Kier molecular flexibility index (Phi) is 6.20. The lowest BCUT2D eigenvalue weighted by Gasteiger charge is -2.20. The molecular formula is C23H22N4O3S2. The zero-order chi connectivity index (χ0) is 22.7. The predicted octanol–water partition coefficient (Wildman–Crippen LogP) is 4.22. The standard InChI is InChI=1S/C23H22N4O3S2/c1-26(18-10-4-3-5-11-18)32(29,30)19-12-8-9-17(15-19)24-22(28)16-27-21-14-7-6-13-20(21)25-23(27)31-2/h3-15H,16H2,1-2H3,(H,24,28). The van der Waals surface area contributed by atoms with E-state index < -0.39 is 10.0 Å². The van der Waals surface area contributed by atoms with Crippen LogP contribution in [0.15, 0.2) is 88.9 Å². The number of hydrogen-bond acceptors (Lipinski definition) is 5. The molecule has 3 aromatic carbocycles. The maximum atomic E-state index is 13.1. The zero-order valence-corrected chi connectivity index (χ0v) is 19.2. The molecule has 1 aromatic heterocycles. The highest BCUT2D eigenvalue weighted by Gasteiger charge is 2.22. The molecule has 4 aromatic rings. The summed E-state index contributed by atoms with van der Waals surface area (Å²) >= 11 is 1.46. The third kappa shape index (κ3) is 4.35. The second kappa shape index (κ2) is 9.05. The molecule has 164 valence electrons. The first-order valence-corrected chi connectivity index (χ1v) is 12.5. The van der Waals surface area contributed by atoms with E-state index in [1.807, 2.05) is 41.2 Å². The molecule has 32 heavy (non-hydrogen) atoms. The molecule has 7 nitrogen and oxygen atoms in total. The average Bonchev–Trinajstić information content (AvgIpc) is 3.16. The van der Waals surface area contributed by atoms with E-state index in [-0.39, 0.29) is 17.3 Å². The normalized spacial score (nSPS) is 11.4. The Morgan fingerprint density at radius 3 is 2.50 bits per heavy atom. The van der Waals surface area contributed by atoms with Gasteiger partial charge in [0, 0.05) is 12.7 Å². The average molecular weight is 467 g/mol. The molecule has 9 heteroatoms. The van der Waals surface area contributed by atoms with Crippen LogP contribution in [-0.2, 0) is 21.4 Å². The number of sulfonamides is 1. The first-order chi connectivity index (χ1) is 15.4. The van der Waals surface area contributed by atoms with E-state index in [1.54, 1.807) is 36.4 Å². The second-order valence-electron chi connectivity index (χ2n) is 7.06. The number of thioether (sulfide) groups is 1. The summed E-state index contributed by atoms with van der Waals surface area (Å²) in [7, 11) is -2.27. The molecule has 0 atom stereocenters. The van der Waals surface area contributed by atoms with Crippen LogP contribution in [0.25, 0.3) is 11.0 Å². The number of hydrogen-bond donors (Lipinski definition) is 1. The summed E-state index contributed by atoms with van der Waals surface area (Å²) in [5.41, 5.74) is 2.65. The smallest absolute Gasteiger partial charge is 0.264 e. The number of fused-ring (bicyclic) bond motifs is 1. The van der Waals surface area contributed by atoms with Crippen molar-refractivity contribution in [2.75, 3.05) is 22.9 Å². The van der Waals surface area contributed by atoms with Crippen LogP contribution in [-0.4, -0.2) is 37.2 Å². The maximum absolute atomic E-state index is 13.1. The SMILES string of the molecule is CSc1nc2ccccc2n1CC(=O)Nc1cccc(S(=O)(=O)N(C)c2ccccc2)c1. The number of aromatic nitrogens is 2. The molecule has 0 aliphatic rings. The van der Waals surface area contributed by atoms with Gasteiger partial charge in [0.1, 0.15) is 6.54 Å². The summed E-state index contributed by atoms with van der Waals surface area (Å²) in [5.74, 6) is -0.269. The van der Waals surface area contributed by atoms with E-state index in [1.165, 1.54) is 35.2 Å². The van der Waals surface area contributed by atoms with Gasteiger partial charge in [-0.3, -0.25) is 9.10 Å². The third-order valence-corrected chi connectivity index (χ3v) is 7.46. The minimum atomic E-state index is -3.78. The van der Waals surface area contributed by atoms with Crippen molar-refractivity contribution in [1.82, 2.24) is 9.55 Å². The Morgan fingerprint density at radius 2 is 1.75 bits per heavy atom. The van der Waals surface area contributed by atoms with Gasteiger partial charge in [0.05, 0.1) is 21.6 Å². The monoisotopic (exact) mass is 466 g/mol. The molecule has 0 fully saturated rings. The Morgan fingerprint density at radius 1 is 1.03 bits per heavy atom. The second-order valence-corrected chi connectivity index (χ2v) is 9.80. The Hall–Kier alpha value is -3.30. The van der Waals surface area contributed by atoms with Gasteiger partial charge in [-0.2, -0.15) is 0 Å². The minimum Gasteiger partial charge on any atom is -0.324 e. The molecule has 0 aliphatic heterocycles. The molecule has 0 unspecified atom stereocenters. The topological polar surface area (TPSA) is 84.3 Å². The van der Waals surface area contributed by atoms with E-state index >= 15 is 0 Å². The van der Waals surface area contributed by atoms with Crippen LogP contribution in [0.3, 0.4) is 0 Å². The molecular weight excluding hydrogens is 444 g/mol. The number of para-hydroxylation sites is 3. The van der Waals surface area contributed by atoms with Crippen LogP contribution in [0.4, 0.5) is 11.4 Å². The van der Waals surface area contributed by atoms with E-state index in [0.717, 1.165) is 16.2 Å². The number of amides is 1. The lowest BCUT2D eigenvalue weighted by Crippen LogP contribution is -2.26. The van der Waals surface area contributed by atoms with Crippen LogP contribution in [0.5, 0.6) is 0 Å². The molecule has 0 radical (unpaired) electrons. The number of carbonyl (C=O) groups excluding carboxylic acids is 1. The molecule has 0 spiro atoms. The molecule has 0 bridgehead atoms. The quantitative estimate of drug-likeness (QED) is 0.412. The van der Waals surface area contributed by atoms with Crippen molar-refractivity contribution in [2.24, 2.45) is 0 Å². The number of nitrogens with zero attached hydrogens (tertiary/aromatic N) is 3. The molecule has 1 amide bonds. The van der Waals surface area contributed by atoms with Crippen molar-refractivity contribution in [3.8, 4) is 0 Å². The van der Waals surface area contributed by atoms with Crippen molar-refractivity contribution in [3.63, 3.8) is 0 Å². The highest BCUT2D eigenvalue weighted by Crippen LogP contribution is 2.25. The highest BCUT2D eigenvalue weighted by molar-refractivity contribution is 7.98. The van der Waals surface area contributed by atoms with Gasteiger partial charge in [-0.25, -0.2) is 13.4 Å². The zero-order valence-electron chi connectivity index (χ0n) is 17.6. The summed E-state index contributed by atoms with van der Waals surface area (Å²) in [4.78, 5) is 17.4. The Balaban J connectivity index is 1.55. The molecule has 1 N–H and O–H groups in total. The molecule has 0 aliphatic carbocycles. The summed E-state index contributed by atoms with van der Waals surface area (Å²) in [6, 6.07) is 22.7. The lowest BCUT2D eigenvalue weighted by molar-refractivity contribution is -0.116. The maximum Gasteiger partial charge on any atom is 0.264 e. The van der Waals surface area contributed by atoms with E-state index in [9.17, 15) is 13.2 Å². The third-order valence-electron chi connectivity index (χ3n) is 5.00. The Labute approximate surface area is 191 Å². The Bertz CT molecular complexity index is 1370. The van der Waals surface area contributed by atoms with Crippen LogP contribution >= 0.6 is 11.8 Å². The number of anilines is 2. The first kappa shape index (κ1) is 21.9. The van der Waals surface area contributed by atoms with Crippen molar-refractivity contribution in [3.05, 3.63) is 78.9 Å². The van der Waals surface area contributed by atoms with Crippen molar-refractivity contribution < 1.29 is 13.2 Å². The van der Waals surface area contributed by atoms with Gasteiger partial charge in [0.2, 0.25) is 5.91 Å². The number of benzene rings is 3. The minimum absolute atomic E-state index is 0.0670. The van der Waals surface area contributed by atoms with Gasteiger partial charge < -0.3 is 9.88 Å². The van der Waals surface area contributed by atoms with Crippen molar-refractivity contribution >= 4 is 50.1 Å². The number of nitrogens with one attached hydrogen (secondary N) is 1. The summed E-state index contributed by atoms with van der Waals surface area (Å²) in [5, 5.41) is 3.55.